The standard InChI is InChI=1S/C32H56S8/c1-27-29(35-25-21-17-13-9-5-3-7-11-15-19-23-33)39-31(37-27)32-38-28(2)30(40-32)36-26-22-18-14-10-6-4-8-12-16-20-24-34/h33-34H,3-26H2,1-2H3/b32-31+. The maximum atomic E-state index is 4.30. The predicted octanol–water partition coefficient (Wildman–Crippen LogP) is 14.6. The Labute approximate surface area is 285 Å². The number of allylic oxidation sites excluding steroid dienone is 2. The molecule has 0 saturated heterocycles. The molecule has 0 radical (unpaired) electrons. The Morgan fingerprint density at radius 2 is 0.675 bits per heavy atom. The first-order chi connectivity index (χ1) is 19.7. The van der Waals surface area contributed by atoms with Gasteiger partial charge in [0.2, 0.25) is 0 Å². The summed E-state index contributed by atoms with van der Waals surface area (Å²) in [7, 11) is 0. The molecule has 0 unspecified atom stereocenters. The van der Waals surface area contributed by atoms with Crippen LogP contribution >= 0.6 is 95.8 Å². The summed E-state index contributed by atoms with van der Waals surface area (Å²) in [5.41, 5.74) is 0. The molecule has 8 heteroatoms. The van der Waals surface area contributed by atoms with Gasteiger partial charge in [0.05, 0.1) is 16.9 Å². The summed E-state index contributed by atoms with van der Waals surface area (Å²) >= 11 is 21.0. The lowest BCUT2D eigenvalue weighted by Gasteiger charge is -2.05. The Kier molecular flexibility index (Phi) is 25.1. The van der Waals surface area contributed by atoms with E-state index in [1.54, 1.807) is 8.47 Å². The van der Waals surface area contributed by atoms with Gasteiger partial charge in [-0.3, -0.25) is 0 Å². The summed E-state index contributed by atoms with van der Waals surface area (Å²) in [6.07, 6.45) is 27.9. The molecule has 0 saturated carbocycles. The van der Waals surface area contributed by atoms with Gasteiger partial charge >= 0.3 is 0 Å². The fourth-order valence-electron chi connectivity index (χ4n) is 4.73. The van der Waals surface area contributed by atoms with Gasteiger partial charge in [-0.15, -0.1) is 23.5 Å². The van der Waals surface area contributed by atoms with Crippen molar-refractivity contribution in [3.05, 3.63) is 26.8 Å². The molecule has 0 spiro atoms. The summed E-state index contributed by atoms with van der Waals surface area (Å²) in [5, 5.41) is 0. The molecule has 2 heterocycles. The van der Waals surface area contributed by atoms with E-state index in [0.717, 1.165) is 11.5 Å². The van der Waals surface area contributed by atoms with E-state index < -0.39 is 0 Å². The summed E-state index contributed by atoms with van der Waals surface area (Å²) in [5.74, 6) is 4.67. The summed E-state index contributed by atoms with van der Waals surface area (Å²) in [6.45, 7) is 4.65. The van der Waals surface area contributed by atoms with Gasteiger partial charge in [-0.05, 0) is 62.5 Å². The summed E-state index contributed by atoms with van der Waals surface area (Å²) in [6, 6.07) is 0. The number of rotatable bonds is 26. The third-order valence-corrected chi connectivity index (χ3v) is 16.7. The predicted molar refractivity (Wildman–Crippen MR) is 208 cm³/mol. The average Bonchev–Trinajstić information content (AvgIpc) is 3.51. The first-order valence-electron chi connectivity index (χ1n) is 16.0. The SMILES string of the molecule is CC1=C(SCCCCCCCCCCCCS)S/C(=C2\SC(C)=C(SCCCCCCCCCCCCS)S2)S1. The number of thioether (sulfide) groups is 6. The summed E-state index contributed by atoms with van der Waals surface area (Å²) < 4.78 is 6.19. The van der Waals surface area contributed by atoms with Crippen LogP contribution in [0.4, 0.5) is 0 Å². The molecule has 0 aromatic heterocycles. The third kappa shape index (κ3) is 18.1. The van der Waals surface area contributed by atoms with Gasteiger partial charge in [-0.25, -0.2) is 0 Å². The largest absolute Gasteiger partial charge is 0.179 e. The molecule has 40 heavy (non-hydrogen) atoms. The molecule has 0 aromatic rings. The molecule has 0 atom stereocenters. The zero-order valence-corrected chi connectivity index (χ0v) is 32.0. The maximum Gasteiger partial charge on any atom is 0.0708 e. The Morgan fingerprint density at radius 1 is 0.400 bits per heavy atom. The lowest BCUT2D eigenvalue weighted by Crippen LogP contribution is -1.84. The van der Waals surface area contributed by atoms with Crippen LogP contribution in [0.25, 0.3) is 0 Å². The number of hydrogen-bond acceptors (Lipinski definition) is 8. The second-order valence-corrected chi connectivity index (χ2v) is 19.5. The lowest BCUT2D eigenvalue weighted by molar-refractivity contribution is 0.564. The van der Waals surface area contributed by atoms with Crippen LogP contribution in [0, 0.1) is 0 Å². The molecular formula is C32H56S8. The fraction of sp³-hybridized carbons (Fsp3) is 0.812. The van der Waals surface area contributed by atoms with E-state index in [0.29, 0.717) is 0 Å². The maximum absolute atomic E-state index is 4.30. The molecule has 0 fully saturated rings. The van der Waals surface area contributed by atoms with Crippen molar-refractivity contribution in [3.63, 3.8) is 0 Å². The molecule has 0 N–H and O–H groups in total. The van der Waals surface area contributed by atoms with Crippen LogP contribution in [-0.4, -0.2) is 23.0 Å². The second-order valence-electron chi connectivity index (χ2n) is 10.9. The highest BCUT2D eigenvalue weighted by Gasteiger charge is 2.27. The van der Waals surface area contributed by atoms with E-state index >= 15 is 0 Å². The van der Waals surface area contributed by atoms with Crippen molar-refractivity contribution in [3.8, 4) is 0 Å². The van der Waals surface area contributed by atoms with Gasteiger partial charge in [0.15, 0.2) is 0 Å². The zero-order chi connectivity index (χ0) is 28.7. The molecule has 0 aromatic carbocycles. The highest BCUT2D eigenvalue weighted by Crippen LogP contribution is 2.63. The highest BCUT2D eigenvalue weighted by molar-refractivity contribution is 8.40. The Hall–Kier alpha value is 2.02. The van der Waals surface area contributed by atoms with E-state index in [2.05, 4.69) is 62.6 Å². The molecule has 232 valence electrons. The third-order valence-electron chi connectivity index (χ3n) is 7.18. The molecular weight excluding hydrogens is 641 g/mol. The quantitative estimate of drug-likeness (QED) is 0.0677. The van der Waals surface area contributed by atoms with Gasteiger partial charge < -0.3 is 0 Å². The second kappa shape index (κ2) is 26.3. The van der Waals surface area contributed by atoms with Gasteiger partial charge in [0.25, 0.3) is 0 Å². The Balaban J connectivity index is 1.49. The highest BCUT2D eigenvalue weighted by atomic mass is 32.2. The van der Waals surface area contributed by atoms with Crippen molar-refractivity contribution < 1.29 is 0 Å². The smallest absolute Gasteiger partial charge is 0.0708 e. The lowest BCUT2D eigenvalue weighted by atomic mass is 10.1. The monoisotopic (exact) mass is 696 g/mol. The van der Waals surface area contributed by atoms with Crippen LogP contribution in [-0.2, 0) is 0 Å². The van der Waals surface area contributed by atoms with E-state index in [1.165, 1.54) is 158 Å². The van der Waals surface area contributed by atoms with Crippen LogP contribution < -0.4 is 0 Å². The van der Waals surface area contributed by atoms with Gasteiger partial charge in [-0.1, -0.05) is 150 Å². The fourth-order valence-corrected chi connectivity index (χ4v) is 13.8. The molecule has 0 nitrogen and oxygen atoms in total. The van der Waals surface area contributed by atoms with Gasteiger partial charge in [0, 0.05) is 9.81 Å². The normalized spacial score (nSPS) is 17.7. The van der Waals surface area contributed by atoms with Crippen molar-refractivity contribution in [2.45, 2.75) is 142 Å². The number of hydrogen-bond donors (Lipinski definition) is 2. The molecule has 2 aliphatic rings. The average molecular weight is 697 g/mol. The molecule has 0 amide bonds. The van der Waals surface area contributed by atoms with Gasteiger partial charge in [0.1, 0.15) is 0 Å². The minimum absolute atomic E-state index is 1.05. The number of unbranched alkanes of at least 4 members (excludes halogenated alkanes) is 18. The van der Waals surface area contributed by atoms with E-state index in [-0.39, 0.29) is 0 Å². The van der Waals surface area contributed by atoms with Crippen molar-refractivity contribution in [1.29, 1.82) is 0 Å². The van der Waals surface area contributed by atoms with E-state index in [4.69, 9.17) is 0 Å². The topological polar surface area (TPSA) is 0 Å². The first-order valence-corrected chi connectivity index (χ1v) is 22.5. The van der Waals surface area contributed by atoms with Crippen LogP contribution in [0.2, 0.25) is 0 Å². The summed E-state index contributed by atoms with van der Waals surface area (Å²) in [4.78, 5) is 3.04. The van der Waals surface area contributed by atoms with Crippen LogP contribution in [0.1, 0.15) is 142 Å². The van der Waals surface area contributed by atoms with E-state index in [9.17, 15) is 0 Å². The van der Waals surface area contributed by atoms with Crippen molar-refractivity contribution in [2.75, 3.05) is 23.0 Å². The molecule has 2 rings (SSSR count). The molecule has 2 aliphatic heterocycles. The van der Waals surface area contributed by atoms with Gasteiger partial charge in [-0.2, -0.15) is 25.3 Å². The van der Waals surface area contributed by atoms with Crippen molar-refractivity contribution in [1.82, 2.24) is 0 Å². The minimum atomic E-state index is 1.05. The molecule has 0 bridgehead atoms. The molecule has 0 aliphatic carbocycles. The Morgan fingerprint density at radius 3 is 0.975 bits per heavy atom. The van der Waals surface area contributed by atoms with Crippen molar-refractivity contribution >= 4 is 95.8 Å². The van der Waals surface area contributed by atoms with Crippen molar-refractivity contribution in [2.24, 2.45) is 0 Å². The minimum Gasteiger partial charge on any atom is -0.179 e. The van der Waals surface area contributed by atoms with E-state index in [1.807, 2.05) is 47.0 Å². The van der Waals surface area contributed by atoms with Crippen LogP contribution in [0.5, 0.6) is 0 Å². The zero-order valence-electron chi connectivity index (χ0n) is 25.3. The first kappa shape index (κ1) is 38.2. The van der Waals surface area contributed by atoms with Crippen LogP contribution in [0.3, 0.4) is 0 Å². The number of thiol groups is 2. The van der Waals surface area contributed by atoms with Crippen LogP contribution in [0.15, 0.2) is 26.8 Å². The Bertz CT molecular complexity index is 696.